The van der Waals surface area contributed by atoms with E-state index in [0.29, 0.717) is 5.25 Å². The maximum atomic E-state index is 5.99. The number of hydrogen-bond donors (Lipinski definition) is 1. The van der Waals surface area contributed by atoms with Gasteiger partial charge in [-0.3, -0.25) is 0 Å². The third-order valence-corrected chi connectivity index (χ3v) is 3.20. The SMILES string of the molecule is C=CC(C)Sc1cc(N)ccc1Cl. The molecule has 1 nitrogen and oxygen atoms in total. The number of nitrogen functional groups attached to an aromatic ring is 1. The first kappa shape index (κ1) is 10.5. The monoisotopic (exact) mass is 213 g/mol. The van der Waals surface area contributed by atoms with Crippen molar-refractivity contribution in [3.05, 3.63) is 35.9 Å². The molecule has 1 atom stereocenters. The molecule has 0 aliphatic rings. The third-order valence-electron chi connectivity index (χ3n) is 1.60. The second kappa shape index (κ2) is 4.58. The lowest BCUT2D eigenvalue weighted by molar-refractivity contribution is 1.24. The molecule has 0 aliphatic carbocycles. The first-order valence-electron chi connectivity index (χ1n) is 3.97. The summed E-state index contributed by atoms with van der Waals surface area (Å²) < 4.78 is 0. The van der Waals surface area contributed by atoms with E-state index >= 15 is 0 Å². The van der Waals surface area contributed by atoms with E-state index in [1.165, 1.54) is 0 Å². The van der Waals surface area contributed by atoms with Crippen LogP contribution < -0.4 is 5.73 Å². The van der Waals surface area contributed by atoms with Gasteiger partial charge in [-0.05, 0) is 25.1 Å². The Morgan fingerprint density at radius 1 is 1.62 bits per heavy atom. The summed E-state index contributed by atoms with van der Waals surface area (Å²) in [5.41, 5.74) is 6.39. The molecule has 1 rings (SSSR count). The van der Waals surface area contributed by atoms with Gasteiger partial charge in [0.05, 0.1) is 5.02 Å². The van der Waals surface area contributed by atoms with Crippen LogP contribution in [0.4, 0.5) is 5.69 Å². The lowest BCUT2D eigenvalue weighted by Crippen LogP contribution is -1.90. The van der Waals surface area contributed by atoms with Gasteiger partial charge in [-0.15, -0.1) is 18.3 Å². The highest BCUT2D eigenvalue weighted by Gasteiger charge is 2.04. The molecule has 0 radical (unpaired) electrons. The Hall–Kier alpha value is -0.600. The van der Waals surface area contributed by atoms with Crippen molar-refractivity contribution < 1.29 is 0 Å². The zero-order valence-electron chi connectivity index (χ0n) is 7.46. The molecule has 0 spiro atoms. The standard InChI is InChI=1S/C10H12ClNS/c1-3-7(2)13-10-6-8(12)4-5-9(10)11/h3-7H,1,12H2,2H3. The second-order valence-electron chi connectivity index (χ2n) is 2.75. The van der Waals surface area contributed by atoms with Crippen molar-refractivity contribution in [2.45, 2.75) is 17.1 Å². The first-order chi connectivity index (χ1) is 6.13. The van der Waals surface area contributed by atoms with Crippen LogP contribution >= 0.6 is 23.4 Å². The zero-order valence-corrected chi connectivity index (χ0v) is 9.03. The van der Waals surface area contributed by atoms with Crippen molar-refractivity contribution in [2.24, 2.45) is 0 Å². The highest BCUT2D eigenvalue weighted by atomic mass is 35.5. The summed E-state index contributed by atoms with van der Waals surface area (Å²) in [7, 11) is 0. The Balaban J connectivity index is 2.86. The van der Waals surface area contributed by atoms with E-state index in [2.05, 4.69) is 13.5 Å². The molecule has 70 valence electrons. The summed E-state index contributed by atoms with van der Waals surface area (Å²) in [4.78, 5) is 1.01. The fraction of sp³-hybridized carbons (Fsp3) is 0.200. The molecule has 0 fully saturated rings. The quantitative estimate of drug-likeness (QED) is 0.472. The van der Waals surface area contributed by atoms with Crippen LogP contribution in [0.5, 0.6) is 0 Å². The van der Waals surface area contributed by atoms with Crippen LogP contribution in [-0.4, -0.2) is 5.25 Å². The molecule has 0 amide bonds. The van der Waals surface area contributed by atoms with Gasteiger partial charge < -0.3 is 5.73 Å². The van der Waals surface area contributed by atoms with Crippen LogP contribution in [0.1, 0.15) is 6.92 Å². The number of benzene rings is 1. The zero-order chi connectivity index (χ0) is 9.84. The van der Waals surface area contributed by atoms with E-state index in [0.717, 1.165) is 15.6 Å². The van der Waals surface area contributed by atoms with Gasteiger partial charge in [0.15, 0.2) is 0 Å². The molecule has 1 aromatic rings. The lowest BCUT2D eigenvalue weighted by Gasteiger charge is -2.08. The van der Waals surface area contributed by atoms with Crippen molar-refractivity contribution in [3.8, 4) is 0 Å². The van der Waals surface area contributed by atoms with Crippen LogP contribution in [0.2, 0.25) is 5.02 Å². The molecule has 2 N–H and O–H groups in total. The summed E-state index contributed by atoms with van der Waals surface area (Å²) in [5, 5.41) is 1.09. The van der Waals surface area contributed by atoms with Gasteiger partial charge in [-0.1, -0.05) is 17.7 Å². The molecule has 3 heteroatoms. The number of thioether (sulfide) groups is 1. The summed E-state index contributed by atoms with van der Waals surface area (Å²) >= 11 is 7.64. The smallest absolute Gasteiger partial charge is 0.0543 e. The van der Waals surface area contributed by atoms with Crippen molar-refractivity contribution >= 4 is 29.1 Å². The first-order valence-corrected chi connectivity index (χ1v) is 5.23. The van der Waals surface area contributed by atoms with E-state index < -0.39 is 0 Å². The Morgan fingerprint density at radius 2 is 2.31 bits per heavy atom. The molecule has 0 bridgehead atoms. The number of anilines is 1. The van der Waals surface area contributed by atoms with Gasteiger partial charge in [-0.2, -0.15) is 0 Å². The highest BCUT2D eigenvalue weighted by Crippen LogP contribution is 2.32. The van der Waals surface area contributed by atoms with Gasteiger partial charge in [0.25, 0.3) is 0 Å². The summed E-state index contributed by atoms with van der Waals surface area (Å²) in [5.74, 6) is 0. The van der Waals surface area contributed by atoms with E-state index in [9.17, 15) is 0 Å². The van der Waals surface area contributed by atoms with Crippen molar-refractivity contribution in [3.63, 3.8) is 0 Å². The summed E-state index contributed by atoms with van der Waals surface area (Å²) in [6, 6.07) is 5.49. The van der Waals surface area contributed by atoms with Crippen LogP contribution in [0.15, 0.2) is 35.7 Å². The molecule has 0 saturated heterocycles. The van der Waals surface area contributed by atoms with Gasteiger partial charge in [0.2, 0.25) is 0 Å². The normalized spacial score (nSPS) is 12.5. The van der Waals surface area contributed by atoms with E-state index in [4.69, 9.17) is 17.3 Å². The average molecular weight is 214 g/mol. The van der Waals surface area contributed by atoms with Crippen LogP contribution in [0, 0.1) is 0 Å². The average Bonchev–Trinajstić information content (AvgIpc) is 2.11. The Kier molecular flexibility index (Phi) is 3.70. The molecule has 1 aromatic carbocycles. The fourth-order valence-corrected chi connectivity index (χ4v) is 1.99. The minimum atomic E-state index is 0.347. The maximum absolute atomic E-state index is 5.99. The minimum absolute atomic E-state index is 0.347. The predicted octanol–water partition coefficient (Wildman–Crippen LogP) is 3.59. The molecule has 0 aromatic heterocycles. The topological polar surface area (TPSA) is 26.0 Å². The molecule has 13 heavy (non-hydrogen) atoms. The second-order valence-corrected chi connectivity index (χ2v) is 4.57. The number of hydrogen-bond acceptors (Lipinski definition) is 2. The molecule has 0 aliphatic heterocycles. The van der Waals surface area contributed by atoms with Gasteiger partial charge in [0, 0.05) is 15.8 Å². The lowest BCUT2D eigenvalue weighted by atomic mass is 10.3. The third kappa shape index (κ3) is 2.98. The fourth-order valence-electron chi connectivity index (χ4n) is 0.859. The number of halogens is 1. The van der Waals surface area contributed by atoms with E-state index in [1.54, 1.807) is 17.8 Å². The molecular weight excluding hydrogens is 202 g/mol. The van der Waals surface area contributed by atoms with Gasteiger partial charge in [0.1, 0.15) is 0 Å². The molecular formula is C10H12ClNS. The van der Waals surface area contributed by atoms with Crippen molar-refractivity contribution in [1.29, 1.82) is 0 Å². The summed E-state index contributed by atoms with van der Waals surface area (Å²) in [6.45, 7) is 5.78. The van der Waals surface area contributed by atoms with Crippen LogP contribution in [0.25, 0.3) is 0 Å². The number of rotatable bonds is 3. The molecule has 0 saturated carbocycles. The van der Waals surface area contributed by atoms with Crippen LogP contribution in [-0.2, 0) is 0 Å². The van der Waals surface area contributed by atoms with Crippen LogP contribution in [0.3, 0.4) is 0 Å². The van der Waals surface area contributed by atoms with E-state index in [1.807, 2.05) is 18.2 Å². The maximum Gasteiger partial charge on any atom is 0.0543 e. The highest BCUT2D eigenvalue weighted by molar-refractivity contribution is 8.00. The Labute approximate surface area is 88.0 Å². The Morgan fingerprint density at radius 3 is 2.92 bits per heavy atom. The van der Waals surface area contributed by atoms with Gasteiger partial charge in [-0.25, -0.2) is 0 Å². The summed E-state index contributed by atoms with van der Waals surface area (Å²) in [6.07, 6.45) is 1.88. The Bertz CT molecular complexity index is 312. The largest absolute Gasteiger partial charge is 0.399 e. The molecule has 1 unspecified atom stereocenters. The van der Waals surface area contributed by atoms with Crippen molar-refractivity contribution in [2.75, 3.05) is 5.73 Å². The minimum Gasteiger partial charge on any atom is -0.399 e. The number of nitrogens with two attached hydrogens (primary N) is 1. The van der Waals surface area contributed by atoms with E-state index in [-0.39, 0.29) is 0 Å². The van der Waals surface area contributed by atoms with Crippen molar-refractivity contribution in [1.82, 2.24) is 0 Å². The predicted molar refractivity (Wildman–Crippen MR) is 61.4 cm³/mol. The molecule has 0 heterocycles. The van der Waals surface area contributed by atoms with Gasteiger partial charge >= 0.3 is 0 Å².